The molecule has 0 amide bonds. The summed E-state index contributed by atoms with van der Waals surface area (Å²) in [6.45, 7) is 3.17. The predicted octanol–water partition coefficient (Wildman–Crippen LogP) is 2.34. The third-order valence-electron chi connectivity index (χ3n) is 2.11. The summed E-state index contributed by atoms with van der Waals surface area (Å²) in [5.41, 5.74) is 0. The van der Waals surface area contributed by atoms with Gasteiger partial charge in [-0.3, -0.25) is 0 Å². The van der Waals surface area contributed by atoms with Crippen LogP contribution in [0, 0.1) is 0 Å². The maximum absolute atomic E-state index is 10.9. The van der Waals surface area contributed by atoms with Gasteiger partial charge in [-0.15, -0.1) is 0 Å². The Labute approximate surface area is 102 Å². The first-order valence-electron chi connectivity index (χ1n) is 5.78. The van der Waals surface area contributed by atoms with Crippen LogP contribution in [-0.2, 0) is 16.1 Å². The second-order valence-corrected chi connectivity index (χ2v) is 3.48. The van der Waals surface area contributed by atoms with Gasteiger partial charge in [-0.25, -0.2) is 9.78 Å². The molecular formula is C13H18N2O2. The Morgan fingerprint density at radius 3 is 3.06 bits per heavy atom. The standard InChI is InChI=1S/C13H18N2O2/c1-2-17-13(16)8-6-4-3-5-7-10-15-11-9-14-12-15/h3-4,6,8-9,11-12H,2,5,7,10H2,1H3/b4-3+,8-6+. The first kappa shape index (κ1) is 13.2. The van der Waals surface area contributed by atoms with Crippen molar-refractivity contribution in [1.29, 1.82) is 0 Å². The number of hydrogen-bond acceptors (Lipinski definition) is 3. The van der Waals surface area contributed by atoms with Crippen molar-refractivity contribution < 1.29 is 9.53 Å². The van der Waals surface area contributed by atoms with Gasteiger partial charge in [0.15, 0.2) is 0 Å². The molecule has 1 aromatic rings. The molecule has 1 aromatic heterocycles. The van der Waals surface area contributed by atoms with Crippen LogP contribution in [0.5, 0.6) is 0 Å². The molecule has 0 atom stereocenters. The van der Waals surface area contributed by atoms with Crippen LogP contribution in [0.2, 0.25) is 0 Å². The fourth-order valence-electron chi connectivity index (χ4n) is 1.31. The molecule has 0 aliphatic carbocycles. The number of allylic oxidation sites excluding steroid dienone is 3. The zero-order valence-corrected chi connectivity index (χ0v) is 10.1. The van der Waals surface area contributed by atoms with Gasteiger partial charge in [-0.1, -0.05) is 18.2 Å². The average Bonchev–Trinajstić information content (AvgIpc) is 2.81. The lowest BCUT2D eigenvalue weighted by Gasteiger charge is -1.97. The third kappa shape index (κ3) is 6.35. The molecule has 92 valence electrons. The van der Waals surface area contributed by atoms with E-state index in [1.165, 1.54) is 6.08 Å². The van der Waals surface area contributed by atoms with Gasteiger partial charge in [0.1, 0.15) is 0 Å². The smallest absolute Gasteiger partial charge is 0.330 e. The normalized spacial score (nSPS) is 11.4. The summed E-state index contributed by atoms with van der Waals surface area (Å²) in [5.74, 6) is -0.296. The van der Waals surface area contributed by atoms with Gasteiger partial charge in [-0.2, -0.15) is 0 Å². The summed E-state index contributed by atoms with van der Waals surface area (Å²) >= 11 is 0. The largest absolute Gasteiger partial charge is 0.463 e. The van der Waals surface area contributed by atoms with Crippen LogP contribution in [0.4, 0.5) is 0 Å². The number of rotatable bonds is 7. The Morgan fingerprint density at radius 2 is 2.35 bits per heavy atom. The molecule has 0 radical (unpaired) electrons. The number of hydrogen-bond donors (Lipinski definition) is 0. The summed E-state index contributed by atoms with van der Waals surface area (Å²) in [6.07, 6.45) is 14.6. The van der Waals surface area contributed by atoms with Crippen molar-refractivity contribution in [2.45, 2.75) is 26.3 Å². The lowest BCUT2D eigenvalue weighted by Crippen LogP contribution is -1.98. The predicted molar refractivity (Wildman–Crippen MR) is 66.4 cm³/mol. The van der Waals surface area contributed by atoms with Crippen molar-refractivity contribution in [2.24, 2.45) is 0 Å². The van der Waals surface area contributed by atoms with Gasteiger partial charge in [0, 0.05) is 25.0 Å². The first-order chi connectivity index (χ1) is 8.33. The fourth-order valence-corrected chi connectivity index (χ4v) is 1.31. The minimum atomic E-state index is -0.296. The van der Waals surface area contributed by atoms with Gasteiger partial charge < -0.3 is 9.30 Å². The Hall–Kier alpha value is -1.84. The van der Waals surface area contributed by atoms with E-state index in [1.54, 1.807) is 19.2 Å². The van der Waals surface area contributed by atoms with E-state index in [0.717, 1.165) is 19.4 Å². The first-order valence-corrected chi connectivity index (χ1v) is 5.78. The minimum Gasteiger partial charge on any atom is -0.463 e. The zero-order chi connectivity index (χ0) is 12.3. The molecule has 0 aliphatic rings. The Kier molecular flexibility index (Phi) is 6.48. The molecule has 0 bridgehead atoms. The van der Waals surface area contributed by atoms with Crippen LogP contribution in [0.3, 0.4) is 0 Å². The van der Waals surface area contributed by atoms with E-state index in [9.17, 15) is 4.79 Å². The van der Waals surface area contributed by atoms with Crippen LogP contribution in [0.15, 0.2) is 43.0 Å². The highest BCUT2D eigenvalue weighted by Gasteiger charge is 1.90. The van der Waals surface area contributed by atoms with Crippen LogP contribution in [0.25, 0.3) is 0 Å². The number of ether oxygens (including phenoxy) is 1. The number of imidazole rings is 1. The molecule has 0 saturated carbocycles. The second-order valence-electron chi connectivity index (χ2n) is 3.48. The molecule has 4 nitrogen and oxygen atoms in total. The molecule has 4 heteroatoms. The van der Waals surface area contributed by atoms with E-state index < -0.39 is 0 Å². The second kappa shape index (κ2) is 8.33. The van der Waals surface area contributed by atoms with Crippen molar-refractivity contribution in [3.8, 4) is 0 Å². The topological polar surface area (TPSA) is 44.1 Å². The number of nitrogens with zero attached hydrogens (tertiary/aromatic N) is 2. The van der Waals surface area contributed by atoms with Crippen molar-refractivity contribution in [3.63, 3.8) is 0 Å². The molecule has 0 aromatic carbocycles. The maximum atomic E-state index is 10.9. The van der Waals surface area contributed by atoms with Gasteiger partial charge in [0.25, 0.3) is 0 Å². The van der Waals surface area contributed by atoms with Crippen molar-refractivity contribution >= 4 is 5.97 Å². The zero-order valence-electron chi connectivity index (χ0n) is 10.1. The van der Waals surface area contributed by atoms with Crippen molar-refractivity contribution in [2.75, 3.05) is 6.61 Å². The number of esters is 1. The van der Waals surface area contributed by atoms with Crippen LogP contribution < -0.4 is 0 Å². The summed E-state index contributed by atoms with van der Waals surface area (Å²) in [7, 11) is 0. The van der Waals surface area contributed by atoms with E-state index >= 15 is 0 Å². The van der Waals surface area contributed by atoms with Gasteiger partial charge >= 0.3 is 5.97 Å². The van der Waals surface area contributed by atoms with Crippen molar-refractivity contribution in [1.82, 2.24) is 9.55 Å². The van der Waals surface area contributed by atoms with Crippen molar-refractivity contribution in [3.05, 3.63) is 43.0 Å². The number of carbonyl (C=O) groups excluding carboxylic acids is 1. The molecule has 0 N–H and O–H groups in total. The Bertz CT molecular complexity index is 367. The highest BCUT2D eigenvalue weighted by atomic mass is 16.5. The maximum Gasteiger partial charge on any atom is 0.330 e. The number of unbranched alkanes of at least 4 members (excludes halogenated alkanes) is 1. The van der Waals surface area contributed by atoms with E-state index in [0.29, 0.717) is 6.61 Å². The molecule has 17 heavy (non-hydrogen) atoms. The SMILES string of the molecule is CCOC(=O)/C=C/C=C/CCCn1ccnc1. The van der Waals surface area contributed by atoms with Crippen LogP contribution in [-0.4, -0.2) is 22.1 Å². The summed E-state index contributed by atoms with van der Waals surface area (Å²) in [5, 5.41) is 0. The molecule has 0 fully saturated rings. The number of carbonyl (C=O) groups is 1. The molecule has 0 unspecified atom stereocenters. The highest BCUT2D eigenvalue weighted by Crippen LogP contribution is 1.96. The molecular weight excluding hydrogens is 216 g/mol. The summed E-state index contributed by atoms with van der Waals surface area (Å²) in [6, 6.07) is 0. The minimum absolute atomic E-state index is 0.296. The fraction of sp³-hybridized carbons (Fsp3) is 0.385. The van der Waals surface area contributed by atoms with Gasteiger partial charge in [0.05, 0.1) is 12.9 Å². The average molecular weight is 234 g/mol. The van der Waals surface area contributed by atoms with Crippen LogP contribution in [0.1, 0.15) is 19.8 Å². The molecule has 0 saturated heterocycles. The monoisotopic (exact) mass is 234 g/mol. The quantitative estimate of drug-likeness (QED) is 0.315. The van der Waals surface area contributed by atoms with E-state index in [-0.39, 0.29) is 5.97 Å². The summed E-state index contributed by atoms with van der Waals surface area (Å²) < 4.78 is 6.79. The van der Waals surface area contributed by atoms with E-state index in [4.69, 9.17) is 4.74 Å². The summed E-state index contributed by atoms with van der Waals surface area (Å²) in [4.78, 5) is 14.9. The lowest BCUT2D eigenvalue weighted by molar-refractivity contribution is -0.137. The Balaban J connectivity index is 2.08. The molecule has 1 heterocycles. The third-order valence-corrected chi connectivity index (χ3v) is 2.11. The van der Waals surface area contributed by atoms with E-state index in [1.807, 2.05) is 29.2 Å². The van der Waals surface area contributed by atoms with E-state index in [2.05, 4.69) is 4.98 Å². The molecule has 1 rings (SSSR count). The van der Waals surface area contributed by atoms with Gasteiger partial charge in [0.2, 0.25) is 0 Å². The Morgan fingerprint density at radius 1 is 1.47 bits per heavy atom. The molecule has 0 spiro atoms. The number of aromatic nitrogens is 2. The lowest BCUT2D eigenvalue weighted by atomic mass is 10.3. The molecule has 0 aliphatic heterocycles. The highest BCUT2D eigenvalue weighted by molar-refractivity contribution is 5.82. The van der Waals surface area contributed by atoms with Crippen LogP contribution >= 0.6 is 0 Å². The number of aryl methyl sites for hydroxylation is 1. The van der Waals surface area contributed by atoms with Gasteiger partial charge in [-0.05, 0) is 19.8 Å².